The van der Waals surface area contributed by atoms with Gasteiger partial charge in [-0.1, -0.05) is 36.4 Å². The van der Waals surface area contributed by atoms with Gasteiger partial charge in [-0.05, 0) is 12.1 Å². The second-order valence-corrected chi connectivity index (χ2v) is 3.76. The number of rotatable bonds is 4. The normalized spacial score (nSPS) is 12.1. The minimum absolute atomic E-state index is 0.0566. The molecule has 1 N–H and O–H groups in total. The van der Waals surface area contributed by atoms with E-state index in [1.54, 1.807) is 48.7 Å². The van der Waals surface area contributed by atoms with Gasteiger partial charge >= 0.3 is 0 Å². The van der Waals surface area contributed by atoms with Crippen LogP contribution in [0.25, 0.3) is 0 Å². The number of benzene rings is 1. The van der Waals surface area contributed by atoms with E-state index in [-0.39, 0.29) is 12.2 Å². The van der Waals surface area contributed by atoms with Crippen molar-refractivity contribution in [2.24, 2.45) is 0 Å². The number of carbonyl (C=O) groups excluding carboxylic acids is 1. The fourth-order valence-corrected chi connectivity index (χ4v) is 1.60. The Labute approximate surface area is 99.8 Å². The van der Waals surface area contributed by atoms with Crippen molar-refractivity contribution in [1.82, 2.24) is 4.98 Å². The molecule has 1 heterocycles. The van der Waals surface area contributed by atoms with Gasteiger partial charge in [-0.25, -0.2) is 0 Å². The summed E-state index contributed by atoms with van der Waals surface area (Å²) in [7, 11) is 0. The van der Waals surface area contributed by atoms with Crippen LogP contribution in [-0.4, -0.2) is 15.9 Å². The fourth-order valence-electron chi connectivity index (χ4n) is 1.60. The average molecular weight is 227 g/mol. The summed E-state index contributed by atoms with van der Waals surface area (Å²) in [4.78, 5) is 15.9. The van der Waals surface area contributed by atoms with E-state index in [0.29, 0.717) is 11.3 Å². The van der Waals surface area contributed by atoms with Crippen LogP contribution in [0, 0.1) is 0 Å². The van der Waals surface area contributed by atoms with Gasteiger partial charge < -0.3 is 5.11 Å². The maximum atomic E-state index is 11.8. The van der Waals surface area contributed by atoms with Gasteiger partial charge in [0, 0.05) is 18.2 Å². The highest BCUT2D eigenvalue weighted by molar-refractivity contribution is 5.96. The van der Waals surface area contributed by atoms with Gasteiger partial charge in [0.1, 0.15) is 6.10 Å². The smallest absolute Gasteiger partial charge is 0.165 e. The minimum Gasteiger partial charge on any atom is -0.386 e. The highest BCUT2D eigenvalue weighted by Gasteiger charge is 2.14. The molecule has 1 atom stereocenters. The summed E-state index contributed by atoms with van der Waals surface area (Å²) in [5.74, 6) is -0.0799. The molecule has 0 fully saturated rings. The van der Waals surface area contributed by atoms with Crippen molar-refractivity contribution < 1.29 is 9.90 Å². The Morgan fingerprint density at radius 3 is 2.47 bits per heavy atom. The van der Waals surface area contributed by atoms with Crippen LogP contribution in [0.1, 0.15) is 28.6 Å². The van der Waals surface area contributed by atoms with Crippen molar-refractivity contribution >= 4 is 5.78 Å². The molecule has 0 saturated carbocycles. The molecule has 2 rings (SSSR count). The summed E-state index contributed by atoms with van der Waals surface area (Å²) in [6.07, 6.45) is 0.816. The molecule has 0 saturated heterocycles. The molecule has 86 valence electrons. The van der Waals surface area contributed by atoms with Gasteiger partial charge in [0.2, 0.25) is 0 Å². The summed E-state index contributed by atoms with van der Waals surface area (Å²) < 4.78 is 0. The largest absolute Gasteiger partial charge is 0.386 e. The van der Waals surface area contributed by atoms with Crippen molar-refractivity contribution in [2.45, 2.75) is 12.5 Å². The van der Waals surface area contributed by atoms with Gasteiger partial charge in [0.05, 0.1) is 5.69 Å². The van der Waals surface area contributed by atoms with Crippen molar-refractivity contribution in [3.63, 3.8) is 0 Å². The standard InChI is InChI=1S/C14H13NO2/c16-13(11-6-2-1-3-7-11)10-14(17)12-8-4-5-9-15-12/h1-9,14,17H,10H2/t14-/m1/s1. The zero-order chi connectivity index (χ0) is 12.1. The molecule has 0 aliphatic heterocycles. The van der Waals surface area contributed by atoms with Crippen LogP contribution in [0.15, 0.2) is 54.7 Å². The zero-order valence-electron chi connectivity index (χ0n) is 9.28. The number of aromatic nitrogens is 1. The first-order valence-electron chi connectivity index (χ1n) is 5.44. The van der Waals surface area contributed by atoms with Crippen LogP contribution in [0.2, 0.25) is 0 Å². The molecule has 17 heavy (non-hydrogen) atoms. The lowest BCUT2D eigenvalue weighted by atomic mass is 10.0. The lowest BCUT2D eigenvalue weighted by Gasteiger charge is -2.08. The molecule has 0 aliphatic rings. The van der Waals surface area contributed by atoms with E-state index >= 15 is 0 Å². The van der Waals surface area contributed by atoms with E-state index < -0.39 is 6.10 Å². The predicted octanol–water partition coefficient (Wildman–Crippen LogP) is 2.39. The van der Waals surface area contributed by atoms with Crippen molar-refractivity contribution in [1.29, 1.82) is 0 Å². The molecule has 3 heteroatoms. The van der Waals surface area contributed by atoms with Gasteiger partial charge in [0.25, 0.3) is 0 Å². The van der Waals surface area contributed by atoms with Crippen LogP contribution in [0.4, 0.5) is 0 Å². The van der Waals surface area contributed by atoms with E-state index in [2.05, 4.69) is 4.98 Å². The minimum atomic E-state index is -0.844. The quantitative estimate of drug-likeness (QED) is 0.816. The van der Waals surface area contributed by atoms with Crippen molar-refractivity contribution in [3.05, 3.63) is 66.0 Å². The molecule has 2 aromatic rings. The van der Waals surface area contributed by atoms with Crippen LogP contribution in [0.3, 0.4) is 0 Å². The van der Waals surface area contributed by atoms with Gasteiger partial charge in [-0.2, -0.15) is 0 Å². The van der Waals surface area contributed by atoms with E-state index in [9.17, 15) is 9.90 Å². The molecule has 1 aromatic heterocycles. The van der Waals surface area contributed by atoms with Crippen LogP contribution in [0.5, 0.6) is 0 Å². The van der Waals surface area contributed by atoms with Gasteiger partial charge in [-0.15, -0.1) is 0 Å². The summed E-state index contributed by atoms with van der Waals surface area (Å²) in [5.41, 5.74) is 1.14. The number of pyridine rings is 1. The number of ketones is 1. The highest BCUT2D eigenvalue weighted by Crippen LogP contribution is 2.16. The molecule has 0 unspecified atom stereocenters. The Morgan fingerprint density at radius 2 is 1.82 bits per heavy atom. The Bertz CT molecular complexity index is 482. The zero-order valence-corrected chi connectivity index (χ0v) is 9.28. The van der Waals surface area contributed by atoms with Crippen LogP contribution >= 0.6 is 0 Å². The van der Waals surface area contributed by atoms with Crippen LogP contribution < -0.4 is 0 Å². The Morgan fingerprint density at radius 1 is 1.12 bits per heavy atom. The molecule has 0 radical (unpaired) electrons. The summed E-state index contributed by atoms with van der Waals surface area (Å²) >= 11 is 0. The lowest BCUT2D eigenvalue weighted by Crippen LogP contribution is -2.08. The number of nitrogens with zero attached hydrogens (tertiary/aromatic N) is 1. The van der Waals surface area contributed by atoms with Gasteiger partial charge in [-0.3, -0.25) is 9.78 Å². The molecule has 0 amide bonds. The fraction of sp³-hybridized carbons (Fsp3) is 0.143. The third-order valence-corrected chi connectivity index (χ3v) is 2.50. The molecule has 3 nitrogen and oxygen atoms in total. The number of Topliss-reactive ketones (excluding diaryl/α,β-unsaturated/α-hetero) is 1. The first-order chi connectivity index (χ1) is 8.27. The van der Waals surface area contributed by atoms with Gasteiger partial charge in [0.15, 0.2) is 5.78 Å². The summed E-state index contributed by atoms with van der Waals surface area (Å²) in [5, 5.41) is 9.87. The Kier molecular flexibility index (Phi) is 3.62. The number of aliphatic hydroxyl groups is 1. The van der Waals surface area contributed by atoms with E-state index in [1.165, 1.54) is 0 Å². The monoisotopic (exact) mass is 227 g/mol. The second-order valence-electron chi connectivity index (χ2n) is 3.76. The average Bonchev–Trinajstić information content (AvgIpc) is 2.40. The van der Waals surface area contributed by atoms with E-state index in [4.69, 9.17) is 0 Å². The number of aliphatic hydroxyl groups excluding tert-OH is 1. The third-order valence-electron chi connectivity index (χ3n) is 2.50. The SMILES string of the molecule is O=C(C[C@@H](O)c1ccccn1)c1ccccc1. The van der Waals surface area contributed by atoms with Crippen molar-refractivity contribution in [3.8, 4) is 0 Å². The topological polar surface area (TPSA) is 50.2 Å². The predicted molar refractivity (Wildman–Crippen MR) is 64.6 cm³/mol. The number of carbonyl (C=O) groups is 1. The third kappa shape index (κ3) is 2.98. The summed E-state index contributed by atoms with van der Waals surface area (Å²) in [6, 6.07) is 14.2. The second kappa shape index (κ2) is 5.37. The summed E-state index contributed by atoms with van der Waals surface area (Å²) in [6.45, 7) is 0. The molecule has 0 bridgehead atoms. The van der Waals surface area contributed by atoms with E-state index in [0.717, 1.165) is 0 Å². The van der Waals surface area contributed by atoms with Crippen molar-refractivity contribution in [2.75, 3.05) is 0 Å². The van der Waals surface area contributed by atoms with E-state index in [1.807, 2.05) is 6.07 Å². The number of hydrogen-bond acceptors (Lipinski definition) is 3. The first kappa shape index (κ1) is 11.5. The molecular weight excluding hydrogens is 214 g/mol. The lowest BCUT2D eigenvalue weighted by molar-refractivity contribution is 0.0874. The molecule has 1 aromatic carbocycles. The van der Waals surface area contributed by atoms with Crippen LogP contribution in [-0.2, 0) is 0 Å². The molecule has 0 aliphatic carbocycles. The highest BCUT2D eigenvalue weighted by atomic mass is 16.3. The maximum Gasteiger partial charge on any atom is 0.165 e. The first-order valence-corrected chi connectivity index (χ1v) is 5.44. The molecular formula is C14H13NO2. The number of hydrogen-bond donors (Lipinski definition) is 1. The Balaban J connectivity index is 2.05. The maximum absolute atomic E-state index is 11.8. The Hall–Kier alpha value is -2.00. The molecule has 0 spiro atoms.